The van der Waals surface area contributed by atoms with Gasteiger partial charge in [0.05, 0.1) is 19.2 Å². The Balaban J connectivity index is 1.28. The van der Waals surface area contributed by atoms with Gasteiger partial charge in [-0.25, -0.2) is 5.43 Å². The molecule has 0 aliphatic carbocycles. The highest BCUT2D eigenvalue weighted by atomic mass is 16.5. The van der Waals surface area contributed by atoms with Crippen LogP contribution in [0.1, 0.15) is 28.2 Å². The molecule has 0 bridgehead atoms. The van der Waals surface area contributed by atoms with Crippen molar-refractivity contribution in [2.45, 2.75) is 12.5 Å². The van der Waals surface area contributed by atoms with Crippen LogP contribution in [0.25, 0.3) is 10.8 Å². The normalized spacial score (nSPS) is 11.1. The SMILES string of the molecule is COc1cc(/C=N/NC(=O)C(c2ccccc2)c2ccccc2)ccc1OCc1cccc2ccccc12. The Morgan fingerprint density at radius 3 is 2.16 bits per heavy atom. The third-order valence-corrected chi connectivity index (χ3v) is 6.37. The standard InChI is InChI=1S/C33H28N2O3/c1-37-31-21-24(19-20-30(31)38-23-28-17-10-16-25-11-8-9-18-29(25)28)22-34-35-33(36)32(26-12-4-2-5-13-26)27-14-6-3-7-15-27/h2-22,32H,23H2,1H3,(H,35,36)/b34-22+. The Hall–Kier alpha value is -4.90. The number of methoxy groups -OCH3 is 1. The van der Waals surface area contributed by atoms with Gasteiger partial charge in [-0.2, -0.15) is 5.10 Å². The molecule has 0 aliphatic heterocycles. The average Bonchev–Trinajstić information content (AvgIpc) is 2.97. The van der Waals surface area contributed by atoms with E-state index in [4.69, 9.17) is 9.47 Å². The molecule has 0 heterocycles. The van der Waals surface area contributed by atoms with E-state index in [2.05, 4.69) is 34.8 Å². The van der Waals surface area contributed by atoms with Crippen molar-refractivity contribution in [2.24, 2.45) is 5.10 Å². The summed E-state index contributed by atoms with van der Waals surface area (Å²) in [5.74, 6) is 0.552. The number of benzene rings is 5. The molecule has 0 saturated heterocycles. The summed E-state index contributed by atoms with van der Waals surface area (Å²) in [6, 6.07) is 39.4. The molecule has 0 aromatic heterocycles. The van der Waals surface area contributed by atoms with E-state index in [0.29, 0.717) is 18.1 Å². The summed E-state index contributed by atoms with van der Waals surface area (Å²) in [4.78, 5) is 13.2. The number of nitrogens with zero attached hydrogens (tertiary/aromatic N) is 1. The van der Waals surface area contributed by atoms with Crippen LogP contribution in [0.2, 0.25) is 0 Å². The first-order chi connectivity index (χ1) is 18.7. The Bertz CT molecular complexity index is 1500. The molecule has 5 heteroatoms. The van der Waals surface area contributed by atoms with Gasteiger partial charge in [0.1, 0.15) is 6.61 Å². The van der Waals surface area contributed by atoms with E-state index in [0.717, 1.165) is 27.6 Å². The molecule has 0 radical (unpaired) electrons. The Morgan fingerprint density at radius 1 is 0.789 bits per heavy atom. The molecule has 5 rings (SSSR count). The quantitative estimate of drug-likeness (QED) is 0.181. The smallest absolute Gasteiger partial charge is 0.252 e. The number of hydrazone groups is 1. The topological polar surface area (TPSA) is 59.9 Å². The largest absolute Gasteiger partial charge is 0.493 e. The highest BCUT2D eigenvalue weighted by molar-refractivity contribution is 5.89. The molecule has 0 saturated carbocycles. The number of nitrogens with one attached hydrogen (secondary N) is 1. The van der Waals surface area contributed by atoms with Crippen molar-refractivity contribution in [1.29, 1.82) is 0 Å². The third kappa shape index (κ3) is 5.73. The maximum absolute atomic E-state index is 13.2. The Morgan fingerprint density at radius 2 is 1.45 bits per heavy atom. The van der Waals surface area contributed by atoms with Crippen LogP contribution >= 0.6 is 0 Å². The molecule has 0 aliphatic rings. The van der Waals surface area contributed by atoms with Crippen molar-refractivity contribution in [3.63, 3.8) is 0 Å². The second kappa shape index (κ2) is 11.9. The van der Waals surface area contributed by atoms with E-state index in [1.54, 1.807) is 13.3 Å². The zero-order chi connectivity index (χ0) is 26.2. The van der Waals surface area contributed by atoms with Gasteiger partial charge in [0, 0.05) is 0 Å². The minimum atomic E-state index is -0.464. The highest BCUT2D eigenvalue weighted by Crippen LogP contribution is 2.29. The van der Waals surface area contributed by atoms with Crippen molar-refractivity contribution >= 4 is 22.9 Å². The van der Waals surface area contributed by atoms with Gasteiger partial charge in [-0.1, -0.05) is 103 Å². The fourth-order valence-electron chi connectivity index (χ4n) is 4.48. The van der Waals surface area contributed by atoms with Crippen LogP contribution in [0.3, 0.4) is 0 Å². The summed E-state index contributed by atoms with van der Waals surface area (Å²) < 4.78 is 11.7. The van der Waals surface area contributed by atoms with Gasteiger partial charge in [-0.3, -0.25) is 4.79 Å². The van der Waals surface area contributed by atoms with Crippen molar-refractivity contribution in [1.82, 2.24) is 5.43 Å². The first-order valence-corrected chi connectivity index (χ1v) is 12.4. The number of carbonyl (C=O) groups is 1. The van der Waals surface area contributed by atoms with Crippen LogP contribution in [-0.4, -0.2) is 19.2 Å². The van der Waals surface area contributed by atoms with Crippen LogP contribution in [0.4, 0.5) is 0 Å². The summed E-state index contributed by atoms with van der Waals surface area (Å²) in [7, 11) is 1.60. The first-order valence-electron chi connectivity index (χ1n) is 12.4. The summed E-state index contributed by atoms with van der Waals surface area (Å²) in [6.07, 6.45) is 1.60. The number of hydrogen-bond donors (Lipinski definition) is 1. The minimum absolute atomic E-state index is 0.208. The lowest BCUT2D eigenvalue weighted by atomic mass is 9.91. The van der Waals surface area contributed by atoms with Gasteiger partial charge < -0.3 is 9.47 Å². The number of carbonyl (C=O) groups excluding carboxylic acids is 1. The van der Waals surface area contributed by atoms with Gasteiger partial charge in [-0.05, 0) is 51.2 Å². The summed E-state index contributed by atoms with van der Waals surface area (Å²) >= 11 is 0. The zero-order valence-corrected chi connectivity index (χ0v) is 21.1. The number of amides is 1. The lowest BCUT2D eigenvalue weighted by Gasteiger charge is -2.16. The predicted octanol–water partition coefficient (Wildman–Crippen LogP) is 6.71. The zero-order valence-electron chi connectivity index (χ0n) is 21.1. The molecule has 5 nitrogen and oxygen atoms in total. The number of fused-ring (bicyclic) bond motifs is 1. The van der Waals surface area contributed by atoms with E-state index >= 15 is 0 Å². The van der Waals surface area contributed by atoms with Crippen LogP contribution in [0, 0.1) is 0 Å². The van der Waals surface area contributed by atoms with Crippen LogP contribution < -0.4 is 14.9 Å². The lowest BCUT2D eigenvalue weighted by Crippen LogP contribution is -2.26. The Labute approximate surface area is 222 Å². The van der Waals surface area contributed by atoms with E-state index in [-0.39, 0.29) is 5.91 Å². The monoisotopic (exact) mass is 500 g/mol. The molecule has 188 valence electrons. The van der Waals surface area contributed by atoms with Crippen molar-refractivity contribution < 1.29 is 14.3 Å². The molecule has 5 aromatic rings. The molecule has 0 fully saturated rings. The lowest BCUT2D eigenvalue weighted by molar-refractivity contribution is -0.121. The molecule has 0 atom stereocenters. The maximum Gasteiger partial charge on any atom is 0.252 e. The van der Waals surface area contributed by atoms with Crippen LogP contribution in [0.15, 0.2) is 126 Å². The molecule has 38 heavy (non-hydrogen) atoms. The van der Waals surface area contributed by atoms with E-state index < -0.39 is 5.92 Å². The van der Waals surface area contributed by atoms with Crippen LogP contribution in [0.5, 0.6) is 11.5 Å². The predicted molar refractivity (Wildman–Crippen MR) is 152 cm³/mol. The second-order valence-electron chi connectivity index (χ2n) is 8.83. The van der Waals surface area contributed by atoms with Gasteiger partial charge in [0.25, 0.3) is 5.91 Å². The first kappa shape index (κ1) is 24.8. The molecular formula is C33H28N2O3. The van der Waals surface area contributed by atoms with Crippen molar-refractivity contribution in [3.05, 3.63) is 144 Å². The van der Waals surface area contributed by atoms with Crippen molar-refractivity contribution in [2.75, 3.05) is 7.11 Å². The van der Waals surface area contributed by atoms with Gasteiger partial charge >= 0.3 is 0 Å². The number of rotatable bonds is 9. The minimum Gasteiger partial charge on any atom is -0.493 e. The Kier molecular flexibility index (Phi) is 7.75. The second-order valence-corrected chi connectivity index (χ2v) is 8.83. The fourth-order valence-corrected chi connectivity index (χ4v) is 4.48. The average molecular weight is 501 g/mol. The fraction of sp³-hybridized carbons (Fsp3) is 0.0909. The van der Waals surface area contributed by atoms with E-state index in [9.17, 15) is 4.79 Å². The molecular weight excluding hydrogens is 472 g/mol. The summed E-state index contributed by atoms with van der Waals surface area (Å²) in [6.45, 7) is 0.418. The number of hydrogen-bond acceptors (Lipinski definition) is 4. The number of ether oxygens (including phenoxy) is 2. The molecule has 1 amide bonds. The van der Waals surface area contributed by atoms with Gasteiger partial charge in [0.15, 0.2) is 11.5 Å². The maximum atomic E-state index is 13.2. The van der Waals surface area contributed by atoms with Crippen LogP contribution in [-0.2, 0) is 11.4 Å². The van der Waals surface area contributed by atoms with Gasteiger partial charge in [-0.15, -0.1) is 0 Å². The summed E-state index contributed by atoms with van der Waals surface area (Å²) in [5.41, 5.74) is 6.38. The molecule has 5 aromatic carbocycles. The van der Waals surface area contributed by atoms with Gasteiger partial charge in [0.2, 0.25) is 0 Å². The molecule has 0 unspecified atom stereocenters. The molecule has 0 spiro atoms. The van der Waals surface area contributed by atoms with Crippen molar-refractivity contribution in [3.8, 4) is 11.5 Å². The van der Waals surface area contributed by atoms with E-state index in [1.165, 1.54) is 5.39 Å². The summed E-state index contributed by atoms with van der Waals surface area (Å²) in [5, 5.41) is 6.57. The van der Waals surface area contributed by atoms with E-state index in [1.807, 2.05) is 97.1 Å². The highest BCUT2D eigenvalue weighted by Gasteiger charge is 2.22. The third-order valence-electron chi connectivity index (χ3n) is 6.37. The molecule has 1 N–H and O–H groups in total.